The molecule has 0 aliphatic heterocycles. The Morgan fingerprint density at radius 3 is 2.38 bits per heavy atom. The number of carbonyl (C=O) groups is 1. The normalized spacial score (nSPS) is 12.2. The van der Waals surface area contributed by atoms with Crippen molar-refractivity contribution in [1.82, 2.24) is 14.9 Å². The van der Waals surface area contributed by atoms with E-state index in [4.69, 9.17) is 23.2 Å². The molecule has 3 aromatic rings. The van der Waals surface area contributed by atoms with Crippen molar-refractivity contribution in [2.24, 2.45) is 0 Å². The van der Waals surface area contributed by atoms with Gasteiger partial charge in [-0.15, -0.1) is 0 Å². The highest BCUT2D eigenvalue weighted by Crippen LogP contribution is 2.29. The lowest BCUT2D eigenvalue weighted by molar-refractivity contribution is 0.0728. The lowest BCUT2D eigenvalue weighted by atomic mass is 10.1. The second-order valence-electron chi connectivity index (χ2n) is 6.24. The Labute approximate surface area is 162 Å². The van der Waals surface area contributed by atoms with E-state index in [1.165, 1.54) is 0 Å². The van der Waals surface area contributed by atoms with E-state index in [0.29, 0.717) is 21.3 Å². The highest BCUT2D eigenvalue weighted by Gasteiger charge is 2.21. The second kappa shape index (κ2) is 7.60. The highest BCUT2D eigenvalue weighted by atomic mass is 35.5. The first-order valence-electron chi connectivity index (χ1n) is 8.41. The van der Waals surface area contributed by atoms with Crippen LogP contribution in [0, 0.1) is 0 Å². The van der Waals surface area contributed by atoms with Crippen LogP contribution in [-0.4, -0.2) is 33.9 Å². The summed E-state index contributed by atoms with van der Waals surface area (Å²) in [5.74, 6) is -0.0287. The summed E-state index contributed by atoms with van der Waals surface area (Å²) >= 11 is 12.2. The smallest absolute Gasteiger partial charge is 0.291 e. The first kappa shape index (κ1) is 18.6. The first-order chi connectivity index (χ1) is 12.4. The van der Waals surface area contributed by atoms with Crippen molar-refractivity contribution in [3.8, 4) is 11.3 Å². The average Bonchev–Trinajstić information content (AvgIpc) is 2.66. The quantitative estimate of drug-likeness (QED) is 0.595. The minimum Gasteiger partial charge on any atom is -0.336 e. The lowest BCUT2D eigenvalue weighted by Gasteiger charge is -2.23. The molecule has 0 aliphatic carbocycles. The number of hydrogen-bond acceptors (Lipinski definition) is 3. The third kappa shape index (κ3) is 3.67. The Morgan fingerprint density at radius 1 is 1.08 bits per heavy atom. The number of amides is 1. The minimum absolute atomic E-state index is 0.103. The molecule has 0 saturated carbocycles. The molecule has 0 aliphatic rings. The first-order valence-corrected chi connectivity index (χ1v) is 9.16. The number of halogens is 2. The van der Waals surface area contributed by atoms with E-state index in [9.17, 15) is 4.79 Å². The Bertz CT molecular complexity index is 957. The van der Waals surface area contributed by atoms with Crippen molar-refractivity contribution in [1.29, 1.82) is 0 Å². The third-order valence-corrected chi connectivity index (χ3v) is 5.03. The van der Waals surface area contributed by atoms with Gasteiger partial charge < -0.3 is 4.90 Å². The number of benzene rings is 2. The van der Waals surface area contributed by atoms with E-state index in [0.717, 1.165) is 17.4 Å². The predicted octanol–water partition coefficient (Wildman–Crippen LogP) is 5.47. The van der Waals surface area contributed by atoms with Crippen molar-refractivity contribution in [3.05, 3.63) is 58.3 Å². The molecule has 6 heteroatoms. The van der Waals surface area contributed by atoms with Gasteiger partial charge in [0, 0.05) is 34.1 Å². The number of rotatable bonds is 4. The molecule has 1 unspecified atom stereocenters. The Kier molecular flexibility index (Phi) is 5.44. The molecule has 1 amide bonds. The van der Waals surface area contributed by atoms with Crippen LogP contribution in [0.5, 0.6) is 0 Å². The van der Waals surface area contributed by atoms with Gasteiger partial charge in [0.15, 0.2) is 0 Å². The Morgan fingerprint density at radius 2 is 1.73 bits per heavy atom. The molecule has 0 radical (unpaired) electrons. The maximum Gasteiger partial charge on any atom is 0.291 e. The van der Waals surface area contributed by atoms with Gasteiger partial charge in [-0.2, -0.15) is 0 Å². The number of aromatic nitrogens is 2. The van der Waals surface area contributed by atoms with Crippen LogP contribution in [0.2, 0.25) is 10.0 Å². The van der Waals surface area contributed by atoms with Crippen LogP contribution in [0.4, 0.5) is 0 Å². The minimum atomic E-state index is -0.202. The van der Waals surface area contributed by atoms with Crippen molar-refractivity contribution in [3.63, 3.8) is 0 Å². The zero-order valence-corrected chi connectivity index (χ0v) is 16.3. The molecule has 134 valence electrons. The summed E-state index contributed by atoms with van der Waals surface area (Å²) in [6.45, 7) is 4.04. The molecule has 3 rings (SSSR count). The number of fused-ring (bicyclic) bond motifs is 1. The van der Waals surface area contributed by atoms with Crippen molar-refractivity contribution >= 4 is 40.0 Å². The van der Waals surface area contributed by atoms with Gasteiger partial charge in [0.25, 0.3) is 5.91 Å². The second-order valence-corrected chi connectivity index (χ2v) is 7.11. The molecule has 26 heavy (non-hydrogen) atoms. The lowest BCUT2D eigenvalue weighted by Crippen LogP contribution is -2.35. The van der Waals surface area contributed by atoms with E-state index in [1.807, 2.05) is 32.0 Å². The molecular formula is C20H19Cl2N3O. The summed E-state index contributed by atoms with van der Waals surface area (Å²) in [4.78, 5) is 23.6. The number of nitrogens with zero attached hydrogens (tertiary/aromatic N) is 3. The SMILES string of the molecule is CCC(C)N(C)C(=O)c1nc(-c2ccc(Cl)cc2)c2cc(Cl)ccc2n1. The van der Waals surface area contributed by atoms with Gasteiger partial charge in [0.1, 0.15) is 0 Å². The molecular weight excluding hydrogens is 369 g/mol. The molecule has 1 aromatic heterocycles. The fourth-order valence-electron chi connectivity index (χ4n) is 2.66. The fraction of sp³-hybridized carbons (Fsp3) is 0.250. The van der Waals surface area contributed by atoms with Crippen LogP contribution in [0.3, 0.4) is 0 Å². The van der Waals surface area contributed by atoms with Crippen molar-refractivity contribution in [2.45, 2.75) is 26.3 Å². The van der Waals surface area contributed by atoms with E-state index < -0.39 is 0 Å². The van der Waals surface area contributed by atoms with E-state index in [1.54, 1.807) is 36.2 Å². The van der Waals surface area contributed by atoms with Crippen LogP contribution in [0.25, 0.3) is 22.2 Å². The topological polar surface area (TPSA) is 46.1 Å². The van der Waals surface area contributed by atoms with Crippen LogP contribution in [-0.2, 0) is 0 Å². The van der Waals surface area contributed by atoms with Crippen LogP contribution in [0.15, 0.2) is 42.5 Å². The predicted molar refractivity (Wildman–Crippen MR) is 107 cm³/mol. The highest BCUT2D eigenvalue weighted by molar-refractivity contribution is 6.31. The van der Waals surface area contributed by atoms with Gasteiger partial charge in [-0.1, -0.05) is 42.3 Å². The number of carbonyl (C=O) groups excluding carboxylic acids is 1. The summed E-state index contributed by atoms with van der Waals surface area (Å²) in [6.07, 6.45) is 0.857. The van der Waals surface area contributed by atoms with Crippen LogP contribution < -0.4 is 0 Å². The number of hydrogen-bond donors (Lipinski definition) is 0. The molecule has 1 atom stereocenters. The molecule has 2 aromatic carbocycles. The molecule has 4 nitrogen and oxygen atoms in total. The summed E-state index contributed by atoms with van der Waals surface area (Å²) in [6, 6.07) is 12.8. The molecule has 0 bridgehead atoms. The van der Waals surface area contributed by atoms with Crippen LogP contribution in [0.1, 0.15) is 30.9 Å². The zero-order valence-electron chi connectivity index (χ0n) is 14.8. The van der Waals surface area contributed by atoms with Gasteiger partial charge in [-0.25, -0.2) is 9.97 Å². The summed E-state index contributed by atoms with van der Waals surface area (Å²) in [7, 11) is 1.77. The largest absolute Gasteiger partial charge is 0.336 e. The molecule has 1 heterocycles. The van der Waals surface area contributed by atoms with Gasteiger partial charge in [0.2, 0.25) is 5.82 Å². The summed E-state index contributed by atoms with van der Waals surface area (Å²) in [5, 5.41) is 2.02. The van der Waals surface area contributed by atoms with Crippen molar-refractivity contribution < 1.29 is 4.79 Å². The van der Waals surface area contributed by atoms with Crippen LogP contribution >= 0.6 is 23.2 Å². The molecule has 0 N–H and O–H groups in total. The van der Waals surface area contributed by atoms with E-state index in [2.05, 4.69) is 9.97 Å². The van der Waals surface area contributed by atoms with Gasteiger partial charge in [0.05, 0.1) is 11.2 Å². The third-order valence-electron chi connectivity index (χ3n) is 4.54. The zero-order chi connectivity index (χ0) is 18.8. The summed E-state index contributed by atoms with van der Waals surface area (Å²) < 4.78 is 0. The maximum atomic E-state index is 12.8. The standard InChI is InChI=1S/C20H19Cl2N3O/c1-4-12(2)25(3)20(26)19-23-17-10-9-15(22)11-16(17)18(24-19)13-5-7-14(21)8-6-13/h5-12H,4H2,1-3H3. The van der Waals surface area contributed by atoms with Gasteiger partial charge in [-0.05, 0) is 43.7 Å². The molecule has 0 fully saturated rings. The maximum absolute atomic E-state index is 12.8. The molecule has 0 saturated heterocycles. The van der Waals surface area contributed by atoms with E-state index in [-0.39, 0.29) is 17.8 Å². The Hall–Kier alpha value is -2.17. The van der Waals surface area contributed by atoms with Gasteiger partial charge >= 0.3 is 0 Å². The average molecular weight is 388 g/mol. The Balaban J connectivity index is 2.19. The van der Waals surface area contributed by atoms with Crippen molar-refractivity contribution in [2.75, 3.05) is 7.05 Å². The monoisotopic (exact) mass is 387 g/mol. The fourth-order valence-corrected chi connectivity index (χ4v) is 2.95. The van der Waals surface area contributed by atoms with Gasteiger partial charge in [-0.3, -0.25) is 4.79 Å². The summed E-state index contributed by atoms with van der Waals surface area (Å²) in [5.41, 5.74) is 2.19. The molecule has 0 spiro atoms. The van der Waals surface area contributed by atoms with E-state index >= 15 is 0 Å².